The first-order valence-electron chi connectivity index (χ1n) is 6.01. The molecule has 0 aliphatic heterocycles. The Hall–Kier alpha value is -1.79. The van der Waals surface area contributed by atoms with Crippen LogP contribution in [-0.4, -0.2) is 40.9 Å². The second kappa shape index (κ2) is 7.85. The number of carbonyl (C=O) groups excluding carboxylic acids is 2. The first-order chi connectivity index (χ1) is 9.79. The number of halogens is 2. The summed E-state index contributed by atoms with van der Waals surface area (Å²) in [5, 5.41) is 9.63. The topological polar surface area (TPSA) is 101 Å². The molecule has 0 aromatic heterocycles. The standard InChI is InChI=1S/C13H14Cl2N2O4/c14-9-3-1-8(10(15)5-9)2-4-12(19)17(6-11(16)18)7-13(20)21/h1,3,5H,2,4,6-7H2,(H2,16,18)(H,20,21). The fraction of sp³-hybridized carbons (Fsp3) is 0.308. The summed E-state index contributed by atoms with van der Waals surface area (Å²) in [6, 6.07) is 4.89. The highest BCUT2D eigenvalue weighted by atomic mass is 35.5. The molecule has 3 N–H and O–H groups in total. The van der Waals surface area contributed by atoms with Crippen LogP contribution in [0.1, 0.15) is 12.0 Å². The predicted molar refractivity (Wildman–Crippen MR) is 78.2 cm³/mol. The predicted octanol–water partition coefficient (Wildman–Crippen LogP) is 1.32. The van der Waals surface area contributed by atoms with Crippen LogP contribution in [0.5, 0.6) is 0 Å². The van der Waals surface area contributed by atoms with Crippen molar-refractivity contribution >= 4 is 41.0 Å². The summed E-state index contributed by atoms with van der Waals surface area (Å²) in [5.74, 6) is -2.47. The van der Waals surface area contributed by atoms with Gasteiger partial charge in [0.2, 0.25) is 11.8 Å². The number of amides is 2. The van der Waals surface area contributed by atoms with Gasteiger partial charge < -0.3 is 15.7 Å². The van der Waals surface area contributed by atoms with E-state index in [0.717, 1.165) is 4.90 Å². The summed E-state index contributed by atoms with van der Waals surface area (Å²) < 4.78 is 0. The van der Waals surface area contributed by atoms with Gasteiger partial charge in [-0.05, 0) is 24.1 Å². The van der Waals surface area contributed by atoms with Crippen molar-refractivity contribution in [3.63, 3.8) is 0 Å². The minimum absolute atomic E-state index is 0.0158. The van der Waals surface area contributed by atoms with Crippen molar-refractivity contribution in [1.82, 2.24) is 4.90 Å². The van der Waals surface area contributed by atoms with E-state index in [1.54, 1.807) is 18.2 Å². The van der Waals surface area contributed by atoms with E-state index in [1.165, 1.54) is 0 Å². The summed E-state index contributed by atoms with van der Waals surface area (Å²) in [4.78, 5) is 34.4. The highest BCUT2D eigenvalue weighted by Gasteiger charge is 2.18. The number of aryl methyl sites for hydroxylation is 1. The number of carboxylic acid groups (broad SMARTS) is 1. The molecule has 0 bridgehead atoms. The third-order valence-electron chi connectivity index (χ3n) is 2.65. The second-order valence-corrected chi connectivity index (χ2v) is 5.19. The molecule has 0 saturated heterocycles. The fourth-order valence-corrected chi connectivity index (χ4v) is 2.21. The van der Waals surface area contributed by atoms with E-state index in [-0.39, 0.29) is 6.42 Å². The molecule has 0 radical (unpaired) electrons. The highest BCUT2D eigenvalue weighted by Crippen LogP contribution is 2.22. The smallest absolute Gasteiger partial charge is 0.323 e. The normalized spacial score (nSPS) is 10.2. The van der Waals surface area contributed by atoms with E-state index in [9.17, 15) is 14.4 Å². The molecule has 8 heteroatoms. The van der Waals surface area contributed by atoms with E-state index in [2.05, 4.69) is 0 Å². The maximum atomic E-state index is 12.0. The molecule has 0 saturated carbocycles. The molecule has 0 fully saturated rings. The van der Waals surface area contributed by atoms with Gasteiger partial charge in [0.15, 0.2) is 0 Å². The monoisotopic (exact) mass is 332 g/mol. The average molecular weight is 333 g/mol. The number of aliphatic carboxylic acids is 1. The van der Waals surface area contributed by atoms with Gasteiger partial charge in [0.05, 0.1) is 6.54 Å². The highest BCUT2D eigenvalue weighted by molar-refractivity contribution is 6.35. The van der Waals surface area contributed by atoms with Crippen LogP contribution in [0.25, 0.3) is 0 Å². The van der Waals surface area contributed by atoms with Crippen LogP contribution in [0.3, 0.4) is 0 Å². The molecule has 1 aromatic rings. The van der Waals surface area contributed by atoms with Gasteiger partial charge in [-0.1, -0.05) is 29.3 Å². The maximum absolute atomic E-state index is 12.0. The molecule has 0 aliphatic rings. The molecular weight excluding hydrogens is 319 g/mol. The van der Waals surface area contributed by atoms with Crippen molar-refractivity contribution in [2.45, 2.75) is 12.8 Å². The number of benzene rings is 1. The first kappa shape index (κ1) is 17.3. The Morgan fingerprint density at radius 1 is 1.19 bits per heavy atom. The van der Waals surface area contributed by atoms with Crippen LogP contribution in [0.15, 0.2) is 18.2 Å². The SMILES string of the molecule is NC(=O)CN(CC(=O)O)C(=O)CCc1ccc(Cl)cc1Cl. The molecule has 0 atom stereocenters. The lowest BCUT2D eigenvalue weighted by Crippen LogP contribution is -2.41. The third kappa shape index (κ3) is 6.01. The molecule has 0 heterocycles. The summed E-state index contributed by atoms with van der Waals surface area (Å²) in [7, 11) is 0. The number of primary amides is 1. The van der Waals surface area contributed by atoms with E-state index >= 15 is 0 Å². The summed E-state index contributed by atoms with van der Waals surface area (Å²) in [6.45, 7) is -1.00. The van der Waals surface area contributed by atoms with Crippen LogP contribution < -0.4 is 5.73 Å². The van der Waals surface area contributed by atoms with Gasteiger partial charge in [0, 0.05) is 16.5 Å². The summed E-state index contributed by atoms with van der Waals surface area (Å²) in [6.07, 6.45) is 0.325. The first-order valence-corrected chi connectivity index (χ1v) is 6.77. The zero-order valence-corrected chi connectivity index (χ0v) is 12.5. The van der Waals surface area contributed by atoms with Crippen molar-refractivity contribution < 1.29 is 19.5 Å². The number of carboxylic acids is 1. The summed E-state index contributed by atoms with van der Waals surface area (Å²) >= 11 is 11.8. The second-order valence-electron chi connectivity index (χ2n) is 4.35. The molecule has 21 heavy (non-hydrogen) atoms. The molecule has 0 unspecified atom stereocenters. The molecule has 0 aliphatic carbocycles. The maximum Gasteiger partial charge on any atom is 0.323 e. The molecule has 1 aromatic carbocycles. The number of hydrogen-bond donors (Lipinski definition) is 2. The Kier molecular flexibility index (Phi) is 6.45. The number of nitrogens with two attached hydrogens (primary N) is 1. The molecular formula is C13H14Cl2N2O4. The van der Waals surface area contributed by atoms with Gasteiger partial charge in [0.1, 0.15) is 6.54 Å². The van der Waals surface area contributed by atoms with Crippen LogP contribution in [0.4, 0.5) is 0 Å². The minimum atomic E-state index is -1.21. The minimum Gasteiger partial charge on any atom is -0.480 e. The molecule has 114 valence electrons. The van der Waals surface area contributed by atoms with Gasteiger partial charge in [0.25, 0.3) is 0 Å². The molecule has 6 nitrogen and oxygen atoms in total. The number of carbonyl (C=O) groups is 3. The zero-order chi connectivity index (χ0) is 16.0. The van der Waals surface area contributed by atoms with Crippen molar-refractivity contribution in [1.29, 1.82) is 0 Å². The Morgan fingerprint density at radius 3 is 2.38 bits per heavy atom. The average Bonchev–Trinajstić information content (AvgIpc) is 2.35. The van der Waals surface area contributed by atoms with E-state index in [0.29, 0.717) is 22.0 Å². The number of rotatable bonds is 7. The van der Waals surface area contributed by atoms with Crippen molar-refractivity contribution in [3.8, 4) is 0 Å². The van der Waals surface area contributed by atoms with Crippen molar-refractivity contribution in [3.05, 3.63) is 33.8 Å². The molecule has 2 amide bonds. The van der Waals surface area contributed by atoms with Crippen LogP contribution in [0, 0.1) is 0 Å². The lowest BCUT2D eigenvalue weighted by molar-refractivity contribution is -0.145. The van der Waals surface area contributed by atoms with Gasteiger partial charge in [-0.2, -0.15) is 0 Å². The Balaban J connectivity index is 2.68. The fourth-order valence-electron chi connectivity index (χ4n) is 1.71. The number of hydrogen-bond acceptors (Lipinski definition) is 3. The quantitative estimate of drug-likeness (QED) is 0.786. The molecule has 1 rings (SSSR count). The lowest BCUT2D eigenvalue weighted by Gasteiger charge is -2.19. The summed E-state index contributed by atoms with van der Waals surface area (Å²) in [5.41, 5.74) is 5.71. The molecule has 0 spiro atoms. The third-order valence-corrected chi connectivity index (χ3v) is 3.24. The van der Waals surface area contributed by atoms with E-state index < -0.39 is 30.9 Å². The van der Waals surface area contributed by atoms with Gasteiger partial charge in [-0.25, -0.2) is 0 Å². The van der Waals surface area contributed by atoms with Gasteiger partial charge in [-0.15, -0.1) is 0 Å². The Labute approximate surface area is 131 Å². The van der Waals surface area contributed by atoms with Gasteiger partial charge in [-0.3, -0.25) is 14.4 Å². The van der Waals surface area contributed by atoms with Crippen LogP contribution in [-0.2, 0) is 20.8 Å². The largest absolute Gasteiger partial charge is 0.480 e. The van der Waals surface area contributed by atoms with Crippen molar-refractivity contribution in [2.75, 3.05) is 13.1 Å². The lowest BCUT2D eigenvalue weighted by atomic mass is 10.1. The van der Waals surface area contributed by atoms with E-state index in [4.69, 9.17) is 34.0 Å². The number of nitrogens with zero attached hydrogens (tertiary/aromatic N) is 1. The van der Waals surface area contributed by atoms with Crippen molar-refractivity contribution in [2.24, 2.45) is 5.73 Å². The Bertz CT molecular complexity index is 547. The van der Waals surface area contributed by atoms with E-state index in [1.807, 2.05) is 0 Å². The van der Waals surface area contributed by atoms with Crippen LogP contribution >= 0.6 is 23.2 Å². The Morgan fingerprint density at radius 2 is 1.86 bits per heavy atom. The zero-order valence-electron chi connectivity index (χ0n) is 11.0. The van der Waals surface area contributed by atoms with Crippen LogP contribution in [0.2, 0.25) is 10.0 Å². The van der Waals surface area contributed by atoms with Gasteiger partial charge >= 0.3 is 5.97 Å².